The van der Waals surface area contributed by atoms with Gasteiger partial charge in [-0.1, -0.05) is 127 Å². The van der Waals surface area contributed by atoms with E-state index in [9.17, 15) is 38.4 Å². The number of carbonyl (C=O) groups is 12. The van der Waals surface area contributed by atoms with Crippen LogP contribution >= 0.6 is 0 Å². The van der Waals surface area contributed by atoms with E-state index in [-0.39, 0.29) is 75.4 Å². The minimum Gasteiger partial charge on any atom is -0.459 e. The topological polar surface area (TPSA) is 294 Å². The second kappa shape index (κ2) is 38.4. The van der Waals surface area contributed by atoms with Crippen LogP contribution in [-0.4, -0.2) is 234 Å². The van der Waals surface area contributed by atoms with Crippen molar-refractivity contribution in [2.75, 3.05) is 62.5 Å². The lowest BCUT2D eigenvalue weighted by molar-refractivity contribution is -0.164. The molecule has 12 atom stereocenters. The summed E-state index contributed by atoms with van der Waals surface area (Å²) in [5, 5.41) is 11.1. The van der Waals surface area contributed by atoms with Gasteiger partial charge < -0.3 is 65.0 Å². The number of amides is 11. The Bertz CT molecular complexity index is 2730. The summed E-state index contributed by atoms with van der Waals surface area (Å²) >= 11 is 0. The number of nitrogens with one attached hydrogen (secondary N) is 4. The summed E-state index contributed by atoms with van der Waals surface area (Å²) in [5.41, 5.74) is 0.906. The molecular formula is C69H117N11O14. The highest BCUT2D eigenvalue weighted by Gasteiger charge is 2.47. The van der Waals surface area contributed by atoms with Gasteiger partial charge in [0.05, 0.1) is 13.2 Å². The number of hydrogen-bond acceptors (Lipinski definition) is 14. The van der Waals surface area contributed by atoms with Crippen LogP contribution in [0.5, 0.6) is 0 Å². The molecule has 0 aliphatic carbocycles. The Morgan fingerprint density at radius 3 is 1.41 bits per heavy atom. The van der Waals surface area contributed by atoms with Crippen molar-refractivity contribution < 1.29 is 67.0 Å². The van der Waals surface area contributed by atoms with Crippen LogP contribution in [0.4, 0.5) is 0 Å². The number of esters is 1. The van der Waals surface area contributed by atoms with Gasteiger partial charge in [0.15, 0.2) is 0 Å². The predicted molar refractivity (Wildman–Crippen MR) is 359 cm³/mol. The molecule has 1 fully saturated rings. The van der Waals surface area contributed by atoms with Gasteiger partial charge in [-0.3, -0.25) is 57.5 Å². The van der Waals surface area contributed by atoms with Gasteiger partial charge >= 0.3 is 5.97 Å². The molecule has 0 aromatic heterocycles. The predicted octanol–water partition coefficient (Wildman–Crippen LogP) is 4.48. The normalized spacial score (nSPS) is 25.3. The molecule has 1 aliphatic rings. The number of ether oxygens (including phenoxy) is 2. The molecule has 1 saturated heterocycles. The summed E-state index contributed by atoms with van der Waals surface area (Å²) in [6.07, 6.45) is -0.643. The average molecular weight is 1320 g/mol. The van der Waals surface area contributed by atoms with E-state index in [1.807, 2.05) is 85.7 Å². The van der Waals surface area contributed by atoms with Crippen LogP contribution in [-0.2, 0) is 73.6 Å². The first-order chi connectivity index (χ1) is 43.6. The van der Waals surface area contributed by atoms with Gasteiger partial charge in [0.2, 0.25) is 65.0 Å². The zero-order chi connectivity index (χ0) is 72.1. The first-order valence-electron chi connectivity index (χ1n) is 33.5. The van der Waals surface area contributed by atoms with E-state index in [1.54, 1.807) is 41.5 Å². The number of rotatable bonds is 19. The minimum atomic E-state index is -1.66. The Kier molecular flexibility index (Phi) is 33.9. The molecule has 0 spiro atoms. The summed E-state index contributed by atoms with van der Waals surface area (Å²) in [7, 11) is 9.88. The van der Waals surface area contributed by atoms with Crippen LogP contribution in [0.3, 0.4) is 0 Å². The number of benzene rings is 1. The molecular weight excluding hydrogens is 1210 g/mol. The number of hydrogen-bond donors (Lipinski definition) is 4. The molecule has 4 N–H and O–H groups in total. The number of likely N-dealkylation sites (N-methyl/N-ethyl adjacent to an activating group) is 7. The monoisotopic (exact) mass is 1320 g/mol. The molecule has 1 aliphatic heterocycles. The van der Waals surface area contributed by atoms with Crippen LogP contribution in [0, 0.1) is 41.4 Å². The Labute approximate surface area is 560 Å². The molecule has 1 heterocycles. The lowest BCUT2D eigenvalue weighted by Gasteiger charge is -2.42. The van der Waals surface area contributed by atoms with Gasteiger partial charge in [0, 0.05) is 62.9 Å². The van der Waals surface area contributed by atoms with Gasteiger partial charge in [-0.05, 0) is 99.4 Å². The van der Waals surface area contributed by atoms with E-state index < -0.39 is 162 Å². The smallest absolute Gasteiger partial charge is 0.303 e. The summed E-state index contributed by atoms with van der Waals surface area (Å²) < 4.78 is 12.1. The fourth-order valence-corrected chi connectivity index (χ4v) is 11.7. The third kappa shape index (κ3) is 23.9. The SMILES string of the molecule is CC[C@@H]1NC(=O)C([C@H](OC(C)=O)[C@H](C)CCOCc2ccccc2)N(C)C(=O)[C@H](C(C)C)N(C)C(=O)[C@H](CC(C)C)N(C)C(=O)[C@H](CC(C)C)N(C)C(=O)[C@@H](C)NC(=O)[C@H](C)NC(=O)[C@H](CC(C)C)N(C)C(=O)[C@H](C(C)C)NC(=O)[C@H](CC(C)C)N(C)C(=O)CN(C)C1=O. The largest absolute Gasteiger partial charge is 0.459 e. The second-order valence-electron chi connectivity index (χ2n) is 28.2. The average Bonchev–Trinajstić information content (AvgIpc) is 0.804. The van der Waals surface area contributed by atoms with E-state index in [0.717, 1.165) is 15.4 Å². The van der Waals surface area contributed by atoms with Crippen LogP contribution in [0.25, 0.3) is 0 Å². The van der Waals surface area contributed by atoms with Gasteiger partial charge in [-0.15, -0.1) is 0 Å². The fourth-order valence-electron chi connectivity index (χ4n) is 11.7. The van der Waals surface area contributed by atoms with Gasteiger partial charge in [-0.25, -0.2) is 0 Å². The van der Waals surface area contributed by atoms with E-state index in [1.165, 1.54) is 94.6 Å². The van der Waals surface area contributed by atoms with Crippen molar-refractivity contribution in [3.63, 3.8) is 0 Å². The van der Waals surface area contributed by atoms with Crippen molar-refractivity contribution in [2.45, 2.75) is 229 Å². The van der Waals surface area contributed by atoms with Crippen molar-refractivity contribution in [1.82, 2.24) is 55.6 Å². The maximum atomic E-state index is 15.6. The van der Waals surface area contributed by atoms with Crippen molar-refractivity contribution in [3.05, 3.63) is 35.9 Å². The number of nitrogens with zero attached hydrogens (tertiary/aromatic N) is 7. The molecule has 0 bridgehead atoms. The molecule has 532 valence electrons. The molecule has 2 rings (SSSR count). The zero-order valence-electron chi connectivity index (χ0n) is 61.0. The van der Waals surface area contributed by atoms with Crippen LogP contribution in [0.1, 0.15) is 162 Å². The lowest BCUT2D eigenvalue weighted by atomic mass is 9.91. The van der Waals surface area contributed by atoms with E-state index >= 15 is 19.2 Å². The molecule has 1 unspecified atom stereocenters. The van der Waals surface area contributed by atoms with E-state index in [4.69, 9.17) is 9.47 Å². The summed E-state index contributed by atoms with van der Waals surface area (Å²) in [4.78, 5) is 184. The van der Waals surface area contributed by atoms with Crippen molar-refractivity contribution in [2.24, 2.45) is 41.4 Å². The first kappa shape index (κ1) is 82.9. The molecule has 1 aromatic rings. The minimum absolute atomic E-state index is 0.0219. The van der Waals surface area contributed by atoms with E-state index in [2.05, 4.69) is 21.3 Å². The van der Waals surface area contributed by atoms with Crippen LogP contribution < -0.4 is 21.3 Å². The Hall–Kier alpha value is -7.18. The lowest BCUT2D eigenvalue weighted by Crippen LogP contribution is -2.64. The van der Waals surface area contributed by atoms with Crippen LogP contribution in [0.15, 0.2) is 30.3 Å². The molecule has 0 radical (unpaired) electrons. The van der Waals surface area contributed by atoms with E-state index in [0.29, 0.717) is 0 Å². The summed E-state index contributed by atoms with van der Waals surface area (Å²) in [5.74, 6) is -11.0. The molecule has 11 amide bonds. The third-order valence-electron chi connectivity index (χ3n) is 17.4. The molecule has 25 heteroatoms. The second-order valence-corrected chi connectivity index (χ2v) is 28.2. The highest BCUT2D eigenvalue weighted by atomic mass is 16.5. The quantitative estimate of drug-likeness (QED) is 0.110. The standard InChI is InChI=1S/C69H117N11O14/c1-25-50-65(88)74(18)37-55(82)75(19)51(33-39(2)3)62(85)73-56(43(10)11)68(91)76(20)52(34-40(4)5)61(84)70-46(15)60(83)71-47(16)64(87)77(21)53(35-41(6)7)66(89)78(22)54(36-42(8)9)67(90)79(23)57(44(12)13)69(92)80(24)58(63(86)72-50)59(94-48(17)81)45(14)31-32-93-38-49-29-27-26-28-30-49/h26-30,39-47,50-54,56-59H,25,31-38H2,1-24H3,(H,70,84)(H,71,83)(H,72,86)(H,73,85)/t45-,46+,47-,50+,51+,52+,53+,54+,56+,57+,58?,59-/m1/s1. The van der Waals surface area contributed by atoms with Gasteiger partial charge in [-0.2, -0.15) is 0 Å². The maximum Gasteiger partial charge on any atom is 0.303 e. The van der Waals surface area contributed by atoms with Crippen molar-refractivity contribution in [1.29, 1.82) is 0 Å². The fraction of sp³-hybridized carbons (Fsp3) is 0.739. The highest BCUT2D eigenvalue weighted by Crippen LogP contribution is 2.27. The van der Waals surface area contributed by atoms with Crippen molar-refractivity contribution in [3.8, 4) is 0 Å². The van der Waals surface area contributed by atoms with Crippen LogP contribution in [0.2, 0.25) is 0 Å². The zero-order valence-corrected chi connectivity index (χ0v) is 61.0. The van der Waals surface area contributed by atoms with Gasteiger partial charge in [0.25, 0.3) is 0 Å². The maximum absolute atomic E-state index is 15.6. The summed E-state index contributed by atoms with van der Waals surface area (Å²) in [6.45, 7) is 29.0. The Balaban J connectivity index is 3.04. The molecule has 0 saturated carbocycles. The molecule has 94 heavy (non-hydrogen) atoms. The Morgan fingerprint density at radius 1 is 0.489 bits per heavy atom. The first-order valence-corrected chi connectivity index (χ1v) is 33.5. The third-order valence-corrected chi connectivity index (χ3v) is 17.4. The van der Waals surface area contributed by atoms with Crippen molar-refractivity contribution >= 4 is 70.9 Å². The number of carbonyl (C=O) groups excluding carboxylic acids is 12. The summed E-state index contributed by atoms with van der Waals surface area (Å²) in [6, 6.07) is -3.25. The Morgan fingerprint density at radius 2 is 0.936 bits per heavy atom. The highest BCUT2D eigenvalue weighted by molar-refractivity contribution is 5.99. The van der Waals surface area contributed by atoms with Gasteiger partial charge in [0.1, 0.15) is 66.5 Å². The molecule has 1 aromatic carbocycles. The molecule has 25 nitrogen and oxygen atoms in total.